The van der Waals surface area contributed by atoms with E-state index in [0.29, 0.717) is 18.8 Å². The van der Waals surface area contributed by atoms with E-state index in [1.807, 2.05) is 6.08 Å². The molecule has 3 atom stereocenters. The normalized spacial score (nSPS) is 22.7. The Morgan fingerprint density at radius 1 is 0.960 bits per heavy atom. The van der Waals surface area contributed by atoms with Gasteiger partial charge in [0.05, 0.1) is 5.92 Å². The van der Waals surface area contributed by atoms with Gasteiger partial charge in [-0.15, -0.1) is 0 Å². The van der Waals surface area contributed by atoms with Gasteiger partial charge in [0.25, 0.3) is 0 Å². The molecular weight excluding hydrogens is 316 g/mol. The third kappa shape index (κ3) is 9.08. The fourth-order valence-corrected chi connectivity index (χ4v) is 3.43. The Morgan fingerprint density at radius 3 is 2.24 bits per heavy atom. The average molecular weight is 353 g/mol. The Labute approximate surface area is 153 Å². The second-order valence-electron chi connectivity index (χ2n) is 7.29. The van der Waals surface area contributed by atoms with Gasteiger partial charge in [-0.1, -0.05) is 71.3 Å². The lowest BCUT2D eigenvalue weighted by Gasteiger charge is -2.29. The summed E-state index contributed by atoms with van der Waals surface area (Å²) >= 11 is 0. The number of unbranched alkanes of at least 4 members (excludes halogenated alkanes) is 7. The van der Waals surface area contributed by atoms with E-state index in [0.717, 1.165) is 32.1 Å². The lowest BCUT2D eigenvalue weighted by atomic mass is 9.82. The van der Waals surface area contributed by atoms with Crippen LogP contribution >= 0.6 is 0 Å². The van der Waals surface area contributed by atoms with Crippen LogP contribution in [0.2, 0.25) is 0 Å². The quantitative estimate of drug-likeness (QED) is 0.270. The van der Waals surface area contributed by atoms with Crippen molar-refractivity contribution in [3.8, 4) is 0 Å². The molecule has 0 bridgehead atoms. The van der Waals surface area contributed by atoms with Crippen LogP contribution < -0.4 is 0 Å². The summed E-state index contributed by atoms with van der Waals surface area (Å²) in [7, 11) is 0. The first-order valence-electron chi connectivity index (χ1n) is 10.2. The fraction of sp³-hybridized carbons (Fsp3) is 0.810. The Kier molecular flexibility index (Phi) is 11.3. The van der Waals surface area contributed by atoms with Crippen molar-refractivity contribution >= 4 is 11.9 Å². The number of esters is 1. The minimum atomic E-state index is -0.858. The SMILES string of the molecule is CCCCCCCC(=O)OC1C=CC(CCCCCC)CC1C(=O)O. The number of hydrogen-bond acceptors (Lipinski definition) is 3. The van der Waals surface area contributed by atoms with Crippen molar-refractivity contribution in [3.63, 3.8) is 0 Å². The van der Waals surface area contributed by atoms with E-state index in [-0.39, 0.29) is 5.97 Å². The van der Waals surface area contributed by atoms with Crippen LogP contribution in [0.1, 0.15) is 90.9 Å². The molecule has 1 aliphatic carbocycles. The summed E-state index contributed by atoms with van der Waals surface area (Å²) in [5, 5.41) is 9.50. The summed E-state index contributed by atoms with van der Waals surface area (Å²) < 4.78 is 5.46. The second kappa shape index (κ2) is 13.0. The Hall–Kier alpha value is -1.32. The summed E-state index contributed by atoms with van der Waals surface area (Å²) in [6, 6.07) is 0. The van der Waals surface area contributed by atoms with Crippen molar-refractivity contribution in [3.05, 3.63) is 12.2 Å². The smallest absolute Gasteiger partial charge is 0.310 e. The molecule has 1 rings (SSSR count). The first-order chi connectivity index (χ1) is 12.1. The van der Waals surface area contributed by atoms with Crippen LogP contribution in [-0.4, -0.2) is 23.1 Å². The number of allylic oxidation sites excluding steroid dienone is 1. The number of ether oxygens (including phenoxy) is 1. The molecule has 0 amide bonds. The second-order valence-corrected chi connectivity index (χ2v) is 7.29. The number of carbonyl (C=O) groups excluding carboxylic acids is 1. The van der Waals surface area contributed by atoms with E-state index in [4.69, 9.17) is 4.74 Å². The predicted molar refractivity (Wildman–Crippen MR) is 100 cm³/mol. The Balaban J connectivity index is 2.40. The monoisotopic (exact) mass is 352 g/mol. The first kappa shape index (κ1) is 21.7. The Morgan fingerprint density at radius 2 is 1.60 bits per heavy atom. The number of carboxylic acid groups (broad SMARTS) is 1. The highest BCUT2D eigenvalue weighted by Crippen LogP contribution is 2.30. The third-order valence-electron chi connectivity index (χ3n) is 5.02. The van der Waals surface area contributed by atoms with Crippen LogP contribution in [0.25, 0.3) is 0 Å². The van der Waals surface area contributed by atoms with Gasteiger partial charge in [-0.3, -0.25) is 9.59 Å². The van der Waals surface area contributed by atoms with Crippen LogP contribution in [-0.2, 0) is 14.3 Å². The van der Waals surface area contributed by atoms with Crippen LogP contribution in [0.5, 0.6) is 0 Å². The van der Waals surface area contributed by atoms with Gasteiger partial charge in [-0.2, -0.15) is 0 Å². The van der Waals surface area contributed by atoms with Crippen LogP contribution in [0.15, 0.2) is 12.2 Å². The molecule has 4 heteroatoms. The zero-order chi connectivity index (χ0) is 18.5. The lowest BCUT2D eigenvalue weighted by Crippen LogP contribution is -2.35. The van der Waals surface area contributed by atoms with E-state index in [1.165, 1.54) is 32.1 Å². The number of carbonyl (C=O) groups is 2. The highest BCUT2D eigenvalue weighted by molar-refractivity contribution is 5.74. The predicted octanol–water partition coefficient (Wildman–Crippen LogP) is 5.51. The molecule has 3 unspecified atom stereocenters. The molecule has 0 fully saturated rings. The van der Waals surface area contributed by atoms with Gasteiger partial charge < -0.3 is 9.84 Å². The summed E-state index contributed by atoms with van der Waals surface area (Å²) in [6.07, 6.45) is 15.4. The van der Waals surface area contributed by atoms with E-state index in [9.17, 15) is 14.7 Å². The zero-order valence-electron chi connectivity index (χ0n) is 16.0. The largest absolute Gasteiger partial charge is 0.481 e. The van der Waals surface area contributed by atoms with Gasteiger partial charge in [0.2, 0.25) is 0 Å². The summed E-state index contributed by atoms with van der Waals surface area (Å²) in [6.45, 7) is 4.34. The van der Waals surface area contributed by atoms with Gasteiger partial charge in [0, 0.05) is 6.42 Å². The van der Waals surface area contributed by atoms with Crippen molar-refractivity contribution < 1.29 is 19.4 Å². The van der Waals surface area contributed by atoms with E-state index < -0.39 is 18.0 Å². The average Bonchev–Trinajstić information content (AvgIpc) is 2.59. The summed E-state index contributed by atoms with van der Waals surface area (Å²) in [5.74, 6) is -1.44. The molecule has 0 aromatic carbocycles. The number of rotatable bonds is 13. The van der Waals surface area contributed by atoms with Crippen molar-refractivity contribution in [2.45, 2.75) is 97.0 Å². The van der Waals surface area contributed by atoms with Crippen LogP contribution in [0.3, 0.4) is 0 Å². The van der Waals surface area contributed by atoms with E-state index >= 15 is 0 Å². The maximum atomic E-state index is 12.0. The molecule has 0 saturated heterocycles. The van der Waals surface area contributed by atoms with Crippen LogP contribution in [0, 0.1) is 11.8 Å². The Bertz CT molecular complexity index is 416. The zero-order valence-corrected chi connectivity index (χ0v) is 16.0. The minimum absolute atomic E-state index is 0.265. The van der Waals surface area contributed by atoms with Gasteiger partial charge in [-0.05, 0) is 31.3 Å². The molecule has 0 saturated carbocycles. The molecular formula is C21H36O4. The standard InChI is InChI=1S/C21H36O4/c1-3-5-7-9-11-13-20(22)25-19-15-14-17(12-10-8-6-4-2)16-18(19)21(23)24/h14-15,17-19H,3-13,16H2,1-2H3,(H,23,24). The summed E-state index contributed by atoms with van der Waals surface area (Å²) in [4.78, 5) is 23.6. The molecule has 4 nitrogen and oxygen atoms in total. The topological polar surface area (TPSA) is 63.6 Å². The third-order valence-corrected chi connectivity index (χ3v) is 5.02. The van der Waals surface area contributed by atoms with E-state index in [1.54, 1.807) is 0 Å². The minimum Gasteiger partial charge on any atom is -0.481 e. The molecule has 0 aromatic heterocycles. The molecule has 0 aromatic rings. The number of hydrogen-bond donors (Lipinski definition) is 1. The van der Waals surface area contributed by atoms with Gasteiger partial charge in [0.15, 0.2) is 0 Å². The molecule has 0 spiro atoms. The molecule has 1 N–H and O–H groups in total. The molecule has 0 radical (unpaired) electrons. The maximum absolute atomic E-state index is 12.0. The highest BCUT2D eigenvalue weighted by Gasteiger charge is 2.34. The molecule has 25 heavy (non-hydrogen) atoms. The van der Waals surface area contributed by atoms with Crippen molar-refractivity contribution in [1.29, 1.82) is 0 Å². The first-order valence-corrected chi connectivity index (χ1v) is 10.2. The van der Waals surface area contributed by atoms with Crippen molar-refractivity contribution in [2.24, 2.45) is 11.8 Å². The van der Waals surface area contributed by atoms with Gasteiger partial charge in [-0.25, -0.2) is 0 Å². The highest BCUT2D eigenvalue weighted by atomic mass is 16.5. The van der Waals surface area contributed by atoms with Crippen LogP contribution in [0.4, 0.5) is 0 Å². The maximum Gasteiger partial charge on any atom is 0.310 e. The summed E-state index contributed by atoms with van der Waals surface area (Å²) in [5.41, 5.74) is 0. The van der Waals surface area contributed by atoms with Crippen molar-refractivity contribution in [2.75, 3.05) is 0 Å². The van der Waals surface area contributed by atoms with Gasteiger partial charge in [0.1, 0.15) is 6.10 Å². The molecule has 1 aliphatic rings. The van der Waals surface area contributed by atoms with Gasteiger partial charge >= 0.3 is 11.9 Å². The lowest BCUT2D eigenvalue weighted by molar-refractivity contribution is -0.156. The molecule has 0 heterocycles. The van der Waals surface area contributed by atoms with Crippen molar-refractivity contribution in [1.82, 2.24) is 0 Å². The molecule has 144 valence electrons. The number of aliphatic carboxylic acids is 1. The number of carboxylic acids is 1. The van der Waals surface area contributed by atoms with E-state index in [2.05, 4.69) is 19.9 Å². The fourth-order valence-electron chi connectivity index (χ4n) is 3.43. The molecule has 0 aliphatic heterocycles.